The van der Waals surface area contributed by atoms with Crippen LogP contribution in [0.15, 0.2) is 30.4 Å². The highest BCUT2D eigenvalue weighted by Gasteiger charge is 2.38. The Morgan fingerprint density at radius 1 is 1.00 bits per heavy atom. The highest BCUT2D eigenvalue weighted by atomic mass is 19.4. The second kappa shape index (κ2) is 11.0. The predicted octanol–water partition coefficient (Wildman–Crippen LogP) is 6.48. The summed E-state index contributed by atoms with van der Waals surface area (Å²) < 4.78 is 78.5. The SMILES string of the molecule is O=C(O)CCCCCCC1C(=O)CCC1C=CC(=O)c1cc(C(F)(F)F)ccc1C(F)(F)F. The van der Waals surface area contributed by atoms with Gasteiger partial charge in [-0.25, -0.2) is 0 Å². The third-order valence-electron chi connectivity index (χ3n) is 5.72. The fraction of sp³-hybridized carbons (Fsp3) is 0.522. The van der Waals surface area contributed by atoms with Crippen molar-refractivity contribution in [3.8, 4) is 0 Å². The van der Waals surface area contributed by atoms with E-state index in [1.165, 1.54) is 6.08 Å². The maximum absolute atomic E-state index is 13.2. The molecule has 1 N–H and O–H groups in total. The predicted molar refractivity (Wildman–Crippen MR) is 106 cm³/mol. The van der Waals surface area contributed by atoms with Crippen LogP contribution in [0.3, 0.4) is 0 Å². The van der Waals surface area contributed by atoms with Gasteiger partial charge in [0.2, 0.25) is 0 Å². The molecule has 1 fully saturated rings. The Morgan fingerprint density at radius 3 is 2.27 bits per heavy atom. The van der Waals surface area contributed by atoms with E-state index in [0.717, 1.165) is 6.08 Å². The monoisotopic (exact) mass is 478 g/mol. The van der Waals surface area contributed by atoms with Crippen LogP contribution >= 0.6 is 0 Å². The molecule has 4 nitrogen and oxygen atoms in total. The zero-order valence-corrected chi connectivity index (χ0v) is 17.6. The zero-order chi connectivity index (χ0) is 24.8. The minimum atomic E-state index is -5.00. The molecule has 182 valence electrons. The Kier molecular flexibility index (Phi) is 8.85. The highest BCUT2D eigenvalue weighted by molar-refractivity contribution is 6.06. The molecular formula is C23H24F6O4. The van der Waals surface area contributed by atoms with Crippen LogP contribution in [0.2, 0.25) is 0 Å². The Hall–Kier alpha value is -2.65. The van der Waals surface area contributed by atoms with Gasteiger partial charge in [0.25, 0.3) is 0 Å². The molecule has 0 bridgehead atoms. The van der Waals surface area contributed by atoms with E-state index >= 15 is 0 Å². The maximum atomic E-state index is 13.2. The second-order valence-electron chi connectivity index (χ2n) is 8.10. The second-order valence-corrected chi connectivity index (χ2v) is 8.10. The van der Waals surface area contributed by atoms with Crippen LogP contribution in [-0.2, 0) is 21.9 Å². The number of carboxylic acid groups (broad SMARTS) is 1. The number of ketones is 2. The van der Waals surface area contributed by atoms with Crippen LogP contribution in [0.25, 0.3) is 0 Å². The number of alkyl halides is 6. The molecular weight excluding hydrogens is 454 g/mol. The fourth-order valence-electron chi connectivity index (χ4n) is 4.01. The molecule has 1 aromatic carbocycles. The lowest BCUT2D eigenvalue weighted by atomic mass is 9.89. The van der Waals surface area contributed by atoms with Crippen molar-refractivity contribution in [1.82, 2.24) is 0 Å². The summed E-state index contributed by atoms with van der Waals surface area (Å²) in [4.78, 5) is 35.1. The Labute approximate surface area is 186 Å². The molecule has 0 aromatic heterocycles. The summed E-state index contributed by atoms with van der Waals surface area (Å²) in [5.74, 6) is -2.93. The van der Waals surface area contributed by atoms with Crippen LogP contribution < -0.4 is 0 Å². The smallest absolute Gasteiger partial charge is 0.417 e. The molecule has 1 aliphatic carbocycles. The van der Waals surface area contributed by atoms with Gasteiger partial charge in [-0.05, 0) is 49.5 Å². The number of unbranched alkanes of at least 4 members (excludes halogenated alkanes) is 3. The van der Waals surface area contributed by atoms with Crippen LogP contribution in [0.1, 0.15) is 72.9 Å². The van der Waals surface area contributed by atoms with E-state index in [9.17, 15) is 40.7 Å². The van der Waals surface area contributed by atoms with Crippen molar-refractivity contribution < 1.29 is 45.8 Å². The summed E-state index contributed by atoms with van der Waals surface area (Å²) in [6, 6.07) is 0.728. The number of carbonyl (C=O) groups is 3. The van der Waals surface area contributed by atoms with Crippen LogP contribution in [0.5, 0.6) is 0 Å². The Morgan fingerprint density at radius 2 is 1.67 bits per heavy atom. The molecule has 10 heteroatoms. The number of carboxylic acids is 1. The highest BCUT2D eigenvalue weighted by Crippen LogP contribution is 2.38. The summed E-state index contributed by atoms with van der Waals surface area (Å²) in [6.45, 7) is 0. The van der Waals surface area contributed by atoms with Crippen LogP contribution in [0.4, 0.5) is 26.3 Å². The van der Waals surface area contributed by atoms with E-state index in [0.29, 0.717) is 38.5 Å². The van der Waals surface area contributed by atoms with E-state index in [2.05, 4.69) is 0 Å². The number of rotatable bonds is 10. The quantitative estimate of drug-likeness (QED) is 0.181. The van der Waals surface area contributed by atoms with Crippen molar-refractivity contribution in [1.29, 1.82) is 0 Å². The number of allylic oxidation sites excluding steroid dienone is 2. The first-order chi connectivity index (χ1) is 15.3. The normalized spacial score (nSPS) is 19.4. The van der Waals surface area contributed by atoms with Gasteiger partial charge in [-0.15, -0.1) is 0 Å². The average Bonchev–Trinajstić information content (AvgIpc) is 3.06. The molecule has 2 unspecified atom stereocenters. The van der Waals surface area contributed by atoms with Gasteiger partial charge in [0.15, 0.2) is 5.78 Å². The largest absolute Gasteiger partial charge is 0.481 e. The van der Waals surface area contributed by atoms with Crippen molar-refractivity contribution in [3.05, 3.63) is 47.0 Å². The van der Waals surface area contributed by atoms with Crippen LogP contribution in [-0.4, -0.2) is 22.6 Å². The van der Waals surface area contributed by atoms with Gasteiger partial charge in [-0.3, -0.25) is 14.4 Å². The van der Waals surface area contributed by atoms with Crippen molar-refractivity contribution in [2.45, 2.75) is 63.7 Å². The lowest BCUT2D eigenvalue weighted by molar-refractivity contribution is -0.141. The molecule has 0 saturated heterocycles. The summed E-state index contributed by atoms with van der Waals surface area (Å²) in [5, 5.41) is 8.62. The van der Waals surface area contributed by atoms with Gasteiger partial charge in [-0.1, -0.05) is 25.3 Å². The number of Topliss-reactive ketones (excluding diaryl/α,β-unsaturated/α-hetero) is 1. The zero-order valence-electron chi connectivity index (χ0n) is 17.6. The minimum absolute atomic E-state index is 0.0299. The number of halogens is 6. The lowest BCUT2D eigenvalue weighted by Crippen LogP contribution is -2.16. The van der Waals surface area contributed by atoms with Gasteiger partial charge in [0.05, 0.1) is 11.1 Å². The average molecular weight is 478 g/mol. The molecule has 1 saturated carbocycles. The number of aliphatic carboxylic acids is 1. The third kappa shape index (κ3) is 7.71. The topological polar surface area (TPSA) is 71.4 Å². The summed E-state index contributed by atoms with van der Waals surface area (Å²) in [6.07, 6.45) is -3.98. The van der Waals surface area contributed by atoms with E-state index in [4.69, 9.17) is 5.11 Å². The standard InChI is InChI=1S/C23H24F6O4/c24-22(25,26)15-9-10-18(23(27,28)29)17(13-15)20(31)12-8-14-7-11-19(30)16(14)5-3-1-2-4-6-21(32)33/h8-10,12-14,16H,1-7,11H2,(H,32,33). The summed E-state index contributed by atoms with van der Waals surface area (Å²) in [7, 11) is 0. The first-order valence-corrected chi connectivity index (χ1v) is 10.6. The third-order valence-corrected chi connectivity index (χ3v) is 5.72. The minimum Gasteiger partial charge on any atom is -0.481 e. The molecule has 2 rings (SSSR count). The number of hydrogen-bond acceptors (Lipinski definition) is 3. The number of carbonyl (C=O) groups excluding carboxylic acids is 2. The summed E-state index contributed by atoms with van der Waals surface area (Å²) >= 11 is 0. The fourth-order valence-corrected chi connectivity index (χ4v) is 4.01. The van der Waals surface area contributed by atoms with Crippen molar-refractivity contribution >= 4 is 17.5 Å². The number of hydrogen-bond donors (Lipinski definition) is 1. The molecule has 2 atom stereocenters. The van der Waals surface area contributed by atoms with Gasteiger partial charge in [0.1, 0.15) is 5.78 Å². The molecule has 1 aromatic rings. The first kappa shape index (κ1) is 26.6. The van der Waals surface area contributed by atoms with Gasteiger partial charge < -0.3 is 5.11 Å². The number of benzene rings is 1. The summed E-state index contributed by atoms with van der Waals surface area (Å²) in [5.41, 5.74) is -3.90. The van der Waals surface area contributed by atoms with Gasteiger partial charge in [0, 0.05) is 24.3 Å². The Bertz CT molecular complexity index is 901. The van der Waals surface area contributed by atoms with E-state index in [-0.39, 0.29) is 42.7 Å². The molecule has 0 amide bonds. The van der Waals surface area contributed by atoms with Gasteiger partial charge >= 0.3 is 18.3 Å². The molecule has 0 radical (unpaired) electrons. The van der Waals surface area contributed by atoms with E-state index in [1.54, 1.807) is 0 Å². The first-order valence-electron chi connectivity index (χ1n) is 10.6. The van der Waals surface area contributed by atoms with Gasteiger partial charge in [-0.2, -0.15) is 26.3 Å². The molecule has 1 aliphatic rings. The molecule has 0 spiro atoms. The van der Waals surface area contributed by atoms with Crippen molar-refractivity contribution in [2.75, 3.05) is 0 Å². The maximum Gasteiger partial charge on any atom is 0.417 e. The van der Waals surface area contributed by atoms with Crippen LogP contribution in [0, 0.1) is 11.8 Å². The van der Waals surface area contributed by atoms with E-state index in [1.807, 2.05) is 0 Å². The molecule has 0 heterocycles. The van der Waals surface area contributed by atoms with Crippen molar-refractivity contribution in [3.63, 3.8) is 0 Å². The molecule has 33 heavy (non-hydrogen) atoms. The molecule has 0 aliphatic heterocycles. The Balaban J connectivity index is 2.10. The van der Waals surface area contributed by atoms with Crippen molar-refractivity contribution in [2.24, 2.45) is 11.8 Å². The lowest BCUT2D eigenvalue weighted by Gasteiger charge is -2.16. The van der Waals surface area contributed by atoms with E-state index < -0.39 is 46.7 Å².